The Morgan fingerprint density at radius 2 is 1.58 bits per heavy atom. The summed E-state index contributed by atoms with van der Waals surface area (Å²) in [6.45, 7) is 3.96. The number of carboxylic acid groups (broad SMARTS) is 1. The Kier molecular flexibility index (Phi) is 3.40. The lowest BCUT2D eigenvalue weighted by Crippen LogP contribution is -2.61. The van der Waals surface area contributed by atoms with E-state index in [9.17, 15) is 18.4 Å². The van der Waals surface area contributed by atoms with E-state index in [0.717, 1.165) is 0 Å². The van der Waals surface area contributed by atoms with E-state index in [2.05, 4.69) is 0 Å². The highest BCUT2D eigenvalue weighted by Crippen LogP contribution is 2.43. The summed E-state index contributed by atoms with van der Waals surface area (Å²) in [6, 6.07) is -0.577. The van der Waals surface area contributed by atoms with Crippen LogP contribution in [0.3, 0.4) is 0 Å². The van der Waals surface area contributed by atoms with Crippen molar-refractivity contribution >= 4 is 12.0 Å². The minimum atomic E-state index is -2.71. The molecular weight excluding hydrogens is 258 g/mol. The van der Waals surface area contributed by atoms with Crippen LogP contribution in [-0.2, 0) is 4.79 Å². The van der Waals surface area contributed by atoms with Crippen LogP contribution in [0.2, 0.25) is 0 Å². The second kappa shape index (κ2) is 4.61. The van der Waals surface area contributed by atoms with Crippen LogP contribution in [0.5, 0.6) is 0 Å². The van der Waals surface area contributed by atoms with E-state index in [1.54, 1.807) is 18.7 Å². The molecule has 1 saturated carbocycles. The fourth-order valence-electron chi connectivity index (χ4n) is 2.77. The minimum absolute atomic E-state index is 0.228. The van der Waals surface area contributed by atoms with Crippen molar-refractivity contribution in [1.29, 1.82) is 0 Å². The van der Waals surface area contributed by atoms with Crippen LogP contribution in [0, 0.1) is 5.92 Å². The molecule has 0 radical (unpaired) electrons. The molecule has 2 atom stereocenters. The summed E-state index contributed by atoms with van der Waals surface area (Å²) >= 11 is 0. The lowest BCUT2D eigenvalue weighted by atomic mass is 9.80. The lowest BCUT2D eigenvalue weighted by molar-refractivity contribution is -0.164. The molecule has 0 aromatic carbocycles. The molecule has 1 N–H and O–H groups in total. The third kappa shape index (κ3) is 2.64. The molecule has 2 amide bonds. The predicted molar refractivity (Wildman–Crippen MR) is 63.0 cm³/mol. The summed E-state index contributed by atoms with van der Waals surface area (Å²) < 4.78 is 25.6. The molecule has 0 spiro atoms. The van der Waals surface area contributed by atoms with Crippen molar-refractivity contribution in [1.82, 2.24) is 9.80 Å². The van der Waals surface area contributed by atoms with Gasteiger partial charge in [0.05, 0.1) is 0 Å². The van der Waals surface area contributed by atoms with Crippen LogP contribution in [0.1, 0.15) is 26.7 Å². The van der Waals surface area contributed by atoms with Gasteiger partial charge in [-0.3, -0.25) is 4.79 Å². The Morgan fingerprint density at radius 1 is 1.11 bits per heavy atom. The average Bonchev–Trinajstić information content (AvgIpc) is 2.27. The molecule has 0 aromatic heterocycles. The number of carbonyl (C=O) groups excluding carboxylic acids is 1. The smallest absolute Gasteiger partial charge is 0.407 e. The van der Waals surface area contributed by atoms with Gasteiger partial charge in [-0.25, -0.2) is 13.6 Å². The summed E-state index contributed by atoms with van der Waals surface area (Å²) in [5.41, 5.74) is 0. The highest BCUT2D eigenvalue weighted by atomic mass is 19.3. The van der Waals surface area contributed by atoms with Gasteiger partial charge in [0.25, 0.3) is 0 Å². The van der Waals surface area contributed by atoms with E-state index in [1.165, 1.54) is 4.90 Å². The number of hydrogen-bond acceptors (Lipinski definition) is 2. The van der Waals surface area contributed by atoms with Gasteiger partial charge in [-0.2, -0.15) is 0 Å². The quantitative estimate of drug-likeness (QED) is 0.792. The Bertz CT molecular complexity index is 394. The van der Waals surface area contributed by atoms with Gasteiger partial charge in [0.1, 0.15) is 0 Å². The van der Waals surface area contributed by atoms with Gasteiger partial charge in [0.15, 0.2) is 0 Å². The van der Waals surface area contributed by atoms with Gasteiger partial charge in [-0.15, -0.1) is 0 Å². The number of carbonyl (C=O) groups is 2. The summed E-state index contributed by atoms with van der Waals surface area (Å²) in [5, 5.41) is 9.01. The monoisotopic (exact) mass is 276 g/mol. The molecule has 19 heavy (non-hydrogen) atoms. The molecule has 2 aliphatic rings. The zero-order valence-electron chi connectivity index (χ0n) is 11.0. The van der Waals surface area contributed by atoms with Gasteiger partial charge >= 0.3 is 6.09 Å². The maximum Gasteiger partial charge on any atom is 0.407 e. The van der Waals surface area contributed by atoms with Crippen molar-refractivity contribution in [3.63, 3.8) is 0 Å². The second-order valence-electron chi connectivity index (χ2n) is 5.58. The molecule has 1 aliphatic heterocycles. The molecular formula is C12H18F2N2O3. The molecule has 5 nitrogen and oxygen atoms in total. The lowest BCUT2D eigenvalue weighted by Gasteiger charge is -2.46. The molecule has 0 unspecified atom stereocenters. The van der Waals surface area contributed by atoms with Crippen molar-refractivity contribution in [2.24, 2.45) is 5.92 Å². The van der Waals surface area contributed by atoms with Crippen molar-refractivity contribution in [2.75, 3.05) is 13.1 Å². The first-order valence-corrected chi connectivity index (χ1v) is 6.39. The molecule has 1 heterocycles. The van der Waals surface area contributed by atoms with Crippen molar-refractivity contribution in [3.05, 3.63) is 0 Å². The van der Waals surface area contributed by atoms with E-state index in [0.29, 0.717) is 0 Å². The molecule has 0 bridgehead atoms. The first-order valence-electron chi connectivity index (χ1n) is 6.39. The normalized spacial score (nSPS) is 30.9. The molecule has 2 fully saturated rings. The van der Waals surface area contributed by atoms with E-state index in [1.807, 2.05) is 0 Å². The van der Waals surface area contributed by atoms with Crippen LogP contribution >= 0.6 is 0 Å². The SMILES string of the molecule is C[C@@H]1CN(C(=O)O)[C@@H](C)CN1C(=O)C1CC(F)(F)C1. The van der Waals surface area contributed by atoms with Crippen LogP contribution in [0.15, 0.2) is 0 Å². The average molecular weight is 276 g/mol. The van der Waals surface area contributed by atoms with Crippen molar-refractivity contribution < 1.29 is 23.5 Å². The third-order valence-electron chi connectivity index (χ3n) is 3.95. The maximum atomic E-state index is 12.8. The Hall–Kier alpha value is -1.40. The summed E-state index contributed by atoms with van der Waals surface area (Å²) in [4.78, 5) is 26.0. The maximum absolute atomic E-state index is 12.8. The molecule has 1 aliphatic carbocycles. The van der Waals surface area contributed by atoms with Gasteiger partial charge < -0.3 is 14.9 Å². The Labute approximate surface area is 110 Å². The first-order chi connectivity index (χ1) is 8.71. The molecule has 7 heteroatoms. The number of halogens is 2. The summed E-state index contributed by atoms with van der Waals surface area (Å²) in [5.74, 6) is -3.59. The molecule has 2 rings (SSSR count). The van der Waals surface area contributed by atoms with Gasteiger partial charge in [-0.05, 0) is 13.8 Å². The van der Waals surface area contributed by atoms with E-state index in [-0.39, 0.29) is 43.9 Å². The molecule has 108 valence electrons. The summed E-state index contributed by atoms with van der Waals surface area (Å²) in [7, 11) is 0. The van der Waals surface area contributed by atoms with Gasteiger partial charge in [0, 0.05) is 43.9 Å². The van der Waals surface area contributed by atoms with E-state index >= 15 is 0 Å². The number of alkyl halides is 2. The van der Waals surface area contributed by atoms with Gasteiger partial charge in [0.2, 0.25) is 11.8 Å². The van der Waals surface area contributed by atoms with E-state index in [4.69, 9.17) is 5.11 Å². The zero-order chi connectivity index (χ0) is 14.4. The van der Waals surface area contributed by atoms with Crippen molar-refractivity contribution in [2.45, 2.75) is 44.7 Å². The first kappa shape index (κ1) is 14.0. The third-order valence-corrected chi connectivity index (χ3v) is 3.95. The minimum Gasteiger partial charge on any atom is -0.465 e. The fourth-order valence-corrected chi connectivity index (χ4v) is 2.77. The highest BCUT2D eigenvalue weighted by Gasteiger charge is 2.51. The van der Waals surface area contributed by atoms with Gasteiger partial charge in [-0.1, -0.05) is 0 Å². The zero-order valence-corrected chi connectivity index (χ0v) is 11.0. The standard InChI is InChI=1S/C12H18F2N2O3/c1-7-6-16(11(18)19)8(2)5-15(7)10(17)9-3-12(13,14)4-9/h7-9H,3-6H2,1-2H3,(H,18,19)/t7-,8+/m1/s1. The number of amides is 2. The Balaban J connectivity index is 1.98. The van der Waals surface area contributed by atoms with Crippen LogP contribution < -0.4 is 0 Å². The van der Waals surface area contributed by atoms with E-state index < -0.39 is 17.9 Å². The Morgan fingerprint density at radius 3 is 2.05 bits per heavy atom. The number of piperazine rings is 1. The molecule has 1 saturated heterocycles. The largest absolute Gasteiger partial charge is 0.465 e. The predicted octanol–water partition coefficient (Wildman–Crippen LogP) is 1.63. The van der Waals surface area contributed by atoms with Crippen LogP contribution in [0.25, 0.3) is 0 Å². The van der Waals surface area contributed by atoms with Crippen LogP contribution in [0.4, 0.5) is 13.6 Å². The van der Waals surface area contributed by atoms with Crippen LogP contribution in [-0.4, -0.2) is 58.0 Å². The highest BCUT2D eigenvalue weighted by molar-refractivity contribution is 5.81. The fraction of sp³-hybridized carbons (Fsp3) is 0.833. The number of hydrogen-bond donors (Lipinski definition) is 1. The second-order valence-corrected chi connectivity index (χ2v) is 5.58. The molecule has 0 aromatic rings. The number of rotatable bonds is 1. The number of nitrogens with zero attached hydrogens (tertiary/aromatic N) is 2. The van der Waals surface area contributed by atoms with Crippen molar-refractivity contribution in [3.8, 4) is 0 Å². The topological polar surface area (TPSA) is 60.9 Å². The summed E-state index contributed by atoms with van der Waals surface area (Å²) in [6.07, 6.45) is -1.78.